The van der Waals surface area contributed by atoms with Gasteiger partial charge in [-0.15, -0.1) is 0 Å². The van der Waals surface area contributed by atoms with E-state index in [1.807, 2.05) is 25.1 Å². The number of aryl methyl sites for hydroxylation is 1. The number of hydrogen-bond donors (Lipinski definition) is 1. The van der Waals surface area contributed by atoms with E-state index in [0.717, 1.165) is 16.6 Å². The molecule has 0 amide bonds. The van der Waals surface area contributed by atoms with Crippen LogP contribution in [0.25, 0.3) is 11.4 Å². The molecule has 0 aliphatic rings. The standard InChI is InChI=1S/C14H18BrN3O/c1-9(2)7-16-8-13-17-14(18-19-13)11-5-4-10(3)12(15)6-11/h4-6,9,16H,7-8H2,1-3H3. The van der Waals surface area contributed by atoms with Crippen molar-refractivity contribution in [2.75, 3.05) is 6.54 Å². The van der Waals surface area contributed by atoms with E-state index in [9.17, 15) is 0 Å². The smallest absolute Gasteiger partial charge is 0.240 e. The van der Waals surface area contributed by atoms with Gasteiger partial charge in [0.15, 0.2) is 0 Å². The van der Waals surface area contributed by atoms with Crippen LogP contribution < -0.4 is 5.32 Å². The lowest BCUT2D eigenvalue weighted by Gasteiger charge is -2.03. The molecule has 1 aromatic carbocycles. The van der Waals surface area contributed by atoms with Crippen LogP contribution in [-0.4, -0.2) is 16.7 Å². The molecule has 4 nitrogen and oxygen atoms in total. The Morgan fingerprint density at radius 1 is 1.37 bits per heavy atom. The maximum atomic E-state index is 5.23. The Hall–Kier alpha value is -1.20. The summed E-state index contributed by atoms with van der Waals surface area (Å²) in [6, 6.07) is 6.04. The minimum atomic E-state index is 0.607. The van der Waals surface area contributed by atoms with Crippen molar-refractivity contribution in [1.82, 2.24) is 15.5 Å². The van der Waals surface area contributed by atoms with Crippen molar-refractivity contribution in [2.24, 2.45) is 5.92 Å². The molecule has 0 aliphatic heterocycles. The fraction of sp³-hybridized carbons (Fsp3) is 0.429. The maximum Gasteiger partial charge on any atom is 0.240 e. The Bertz CT molecular complexity index is 551. The SMILES string of the molecule is Cc1ccc(-c2noc(CNCC(C)C)n2)cc1Br. The fourth-order valence-corrected chi connectivity index (χ4v) is 2.02. The topological polar surface area (TPSA) is 51.0 Å². The lowest BCUT2D eigenvalue weighted by Crippen LogP contribution is -2.19. The molecule has 0 bridgehead atoms. The van der Waals surface area contributed by atoms with Gasteiger partial charge < -0.3 is 9.84 Å². The summed E-state index contributed by atoms with van der Waals surface area (Å²) < 4.78 is 6.28. The molecular formula is C14H18BrN3O. The highest BCUT2D eigenvalue weighted by atomic mass is 79.9. The van der Waals surface area contributed by atoms with Crippen molar-refractivity contribution in [1.29, 1.82) is 0 Å². The average molecular weight is 324 g/mol. The first-order valence-corrected chi connectivity index (χ1v) is 7.15. The second kappa shape index (κ2) is 6.30. The lowest BCUT2D eigenvalue weighted by molar-refractivity contribution is 0.364. The van der Waals surface area contributed by atoms with Gasteiger partial charge in [-0.05, 0) is 31.0 Å². The second-order valence-corrected chi connectivity index (χ2v) is 5.85. The summed E-state index contributed by atoms with van der Waals surface area (Å²) in [4.78, 5) is 4.39. The number of halogens is 1. The summed E-state index contributed by atoms with van der Waals surface area (Å²) in [6.07, 6.45) is 0. The fourth-order valence-electron chi connectivity index (χ4n) is 1.64. The number of rotatable bonds is 5. The van der Waals surface area contributed by atoms with Gasteiger partial charge in [0.1, 0.15) is 0 Å². The molecule has 0 radical (unpaired) electrons. The molecule has 5 heteroatoms. The first kappa shape index (κ1) is 14.2. The normalized spacial score (nSPS) is 11.2. The van der Waals surface area contributed by atoms with Gasteiger partial charge in [0, 0.05) is 10.0 Å². The van der Waals surface area contributed by atoms with Crippen LogP contribution in [0.5, 0.6) is 0 Å². The minimum Gasteiger partial charge on any atom is -0.338 e. The molecule has 19 heavy (non-hydrogen) atoms. The van der Waals surface area contributed by atoms with Crippen LogP contribution in [0.15, 0.2) is 27.2 Å². The van der Waals surface area contributed by atoms with Crippen molar-refractivity contribution in [3.8, 4) is 11.4 Å². The van der Waals surface area contributed by atoms with Gasteiger partial charge in [-0.1, -0.05) is 47.1 Å². The van der Waals surface area contributed by atoms with Gasteiger partial charge >= 0.3 is 0 Å². The third-order valence-electron chi connectivity index (χ3n) is 2.73. The Labute approximate surface area is 121 Å². The van der Waals surface area contributed by atoms with Crippen molar-refractivity contribution in [3.05, 3.63) is 34.1 Å². The van der Waals surface area contributed by atoms with Crippen LogP contribution in [0.3, 0.4) is 0 Å². The molecule has 1 aromatic heterocycles. The first-order valence-electron chi connectivity index (χ1n) is 6.36. The zero-order valence-electron chi connectivity index (χ0n) is 11.4. The summed E-state index contributed by atoms with van der Waals surface area (Å²) >= 11 is 3.51. The molecule has 2 rings (SSSR count). The molecule has 0 fully saturated rings. The molecule has 102 valence electrons. The van der Waals surface area contributed by atoms with E-state index in [-0.39, 0.29) is 0 Å². The molecule has 0 spiro atoms. The van der Waals surface area contributed by atoms with Crippen molar-refractivity contribution >= 4 is 15.9 Å². The molecule has 0 saturated heterocycles. The summed E-state index contributed by atoms with van der Waals surface area (Å²) in [5.41, 5.74) is 2.14. The van der Waals surface area contributed by atoms with E-state index in [1.54, 1.807) is 0 Å². The van der Waals surface area contributed by atoms with Gasteiger partial charge in [-0.2, -0.15) is 4.98 Å². The summed E-state index contributed by atoms with van der Waals surface area (Å²) in [5.74, 6) is 1.85. The van der Waals surface area contributed by atoms with Gasteiger partial charge in [0.25, 0.3) is 0 Å². The Kier molecular flexibility index (Phi) is 4.71. The number of benzene rings is 1. The number of nitrogens with one attached hydrogen (secondary N) is 1. The van der Waals surface area contributed by atoms with Crippen LogP contribution in [0.2, 0.25) is 0 Å². The zero-order valence-corrected chi connectivity index (χ0v) is 13.0. The molecule has 0 atom stereocenters. The highest BCUT2D eigenvalue weighted by Gasteiger charge is 2.09. The van der Waals surface area contributed by atoms with Gasteiger partial charge in [0.2, 0.25) is 11.7 Å². The third kappa shape index (κ3) is 3.88. The molecule has 2 aromatic rings. The van der Waals surface area contributed by atoms with E-state index < -0.39 is 0 Å². The van der Waals surface area contributed by atoms with Crippen LogP contribution >= 0.6 is 15.9 Å². The molecule has 1 N–H and O–H groups in total. The van der Waals surface area contributed by atoms with E-state index in [2.05, 4.69) is 45.2 Å². The molecule has 0 unspecified atom stereocenters. The Balaban J connectivity index is 2.05. The Morgan fingerprint density at radius 2 is 2.16 bits per heavy atom. The lowest BCUT2D eigenvalue weighted by atomic mass is 10.1. The highest BCUT2D eigenvalue weighted by molar-refractivity contribution is 9.10. The first-order chi connectivity index (χ1) is 9.06. The van der Waals surface area contributed by atoms with Crippen molar-refractivity contribution in [2.45, 2.75) is 27.3 Å². The van der Waals surface area contributed by atoms with E-state index in [4.69, 9.17) is 4.52 Å². The quantitative estimate of drug-likeness (QED) is 0.914. The zero-order chi connectivity index (χ0) is 13.8. The summed E-state index contributed by atoms with van der Waals surface area (Å²) in [5, 5.41) is 7.29. The monoisotopic (exact) mass is 323 g/mol. The molecule has 1 heterocycles. The second-order valence-electron chi connectivity index (χ2n) is 5.00. The van der Waals surface area contributed by atoms with Crippen LogP contribution in [0, 0.1) is 12.8 Å². The van der Waals surface area contributed by atoms with E-state index in [0.29, 0.717) is 24.2 Å². The largest absolute Gasteiger partial charge is 0.338 e. The predicted molar refractivity (Wildman–Crippen MR) is 78.7 cm³/mol. The molecule has 0 aliphatic carbocycles. The third-order valence-corrected chi connectivity index (χ3v) is 3.58. The van der Waals surface area contributed by atoms with Gasteiger partial charge in [-0.25, -0.2) is 0 Å². The van der Waals surface area contributed by atoms with Gasteiger partial charge in [0.05, 0.1) is 6.54 Å². The molecular weight excluding hydrogens is 306 g/mol. The van der Waals surface area contributed by atoms with Crippen LogP contribution in [0.1, 0.15) is 25.3 Å². The number of nitrogens with zero attached hydrogens (tertiary/aromatic N) is 2. The van der Waals surface area contributed by atoms with Crippen molar-refractivity contribution < 1.29 is 4.52 Å². The van der Waals surface area contributed by atoms with Crippen LogP contribution in [-0.2, 0) is 6.54 Å². The van der Waals surface area contributed by atoms with E-state index in [1.165, 1.54) is 5.56 Å². The number of aromatic nitrogens is 2. The molecule has 0 saturated carbocycles. The minimum absolute atomic E-state index is 0.607. The highest BCUT2D eigenvalue weighted by Crippen LogP contribution is 2.23. The predicted octanol–water partition coefficient (Wildman–Crippen LogP) is 3.55. The van der Waals surface area contributed by atoms with Crippen molar-refractivity contribution in [3.63, 3.8) is 0 Å². The number of hydrogen-bond acceptors (Lipinski definition) is 4. The summed E-state index contributed by atoms with van der Waals surface area (Å²) in [6.45, 7) is 7.92. The Morgan fingerprint density at radius 3 is 2.84 bits per heavy atom. The average Bonchev–Trinajstić information content (AvgIpc) is 2.81. The summed E-state index contributed by atoms with van der Waals surface area (Å²) in [7, 11) is 0. The van der Waals surface area contributed by atoms with Crippen LogP contribution in [0.4, 0.5) is 0 Å². The maximum absolute atomic E-state index is 5.23. The van der Waals surface area contributed by atoms with E-state index >= 15 is 0 Å². The van der Waals surface area contributed by atoms with Gasteiger partial charge in [-0.3, -0.25) is 0 Å².